The van der Waals surface area contributed by atoms with Crippen LogP contribution in [-0.4, -0.2) is 0 Å². The Labute approximate surface area is 175 Å². The third-order valence-electron chi connectivity index (χ3n) is 5.80. The summed E-state index contributed by atoms with van der Waals surface area (Å²) in [5.41, 5.74) is 9.11. The third-order valence-corrected chi connectivity index (χ3v) is 5.80. The maximum absolute atomic E-state index is 6.57. The smallest absolute Gasteiger partial charge is 0.0346 e. The molecule has 2 N–H and O–H groups in total. The highest BCUT2D eigenvalue weighted by atomic mass is 35.5. The zero-order valence-electron chi connectivity index (χ0n) is 18.1. The van der Waals surface area contributed by atoms with Crippen LogP contribution in [-0.2, 0) is 0 Å². The number of hydrogen-bond donors (Lipinski definition) is 1. The van der Waals surface area contributed by atoms with Crippen LogP contribution in [0, 0.1) is 5.41 Å². The summed E-state index contributed by atoms with van der Waals surface area (Å²) in [5.74, 6) is 0. The quantitative estimate of drug-likeness (QED) is 0.297. The molecule has 0 aliphatic rings. The van der Waals surface area contributed by atoms with Gasteiger partial charge in [0.05, 0.1) is 0 Å². The molecule has 1 nitrogen and oxygen atoms in total. The van der Waals surface area contributed by atoms with E-state index in [9.17, 15) is 0 Å². The second kappa shape index (κ2) is 15.2. The molecule has 1 aromatic carbocycles. The Kier molecular flexibility index (Phi) is 14.7. The van der Waals surface area contributed by atoms with Crippen LogP contribution in [0.2, 0.25) is 0 Å². The number of rotatable bonds is 15. The lowest BCUT2D eigenvalue weighted by molar-refractivity contribution is 0.255. The molecule has 0 saturated carbocycles. The van der Waals surface area contributed by atoms with E-state index in [1.807, 2.05) is 6.08 Å². The fraction of sp³-hybridized carbons (Fsp3) is 0.680. The molecule has 1 atom stereocenters. The third kappa shape index (κ3) is 11.0. The van der Waals surface area contributed by atoms with Gasteiger partial charge in [-0.15, -0.1) is 12.4 Å². The van der Waals surface area contributed by atoms with Crippen LogP contribution in [0.4, 0.5) is 0 Å². The molecular weight excluding hydrogens is 350 g/mol. The van der Waals surface area contributed by atoms with Crippen molar-refractivity contribution < 1.29 is 0 Å². The van der Waals surface area contributed by atoms with Crippen LogP contribution in [0.3, 0.4) is 0 Å². The molecule has 1 aromatic rings. The second-order valence-corrected chi connectivity index (χ2v) is 8.62. The molecule has 0 fully saturated rings. The Bertz CT molecular complexity index is 478. The standard InChI is InChI=1S/C25H43N.ClH/c1-5-7-8-9-10-11-12-13-14-15-16-21-25(3,4)24(26)23-19-17-22(6-2)18-20-23;/h6,17-20,24H,2,5,7-16,21,26H2,1,3-4H3;1H. The predicted molar refractivity (Wildman–Crippen MR) is 126 cm³/mol. The topological polar surface area (TPSA) is 26.0 Å². The van der Waals surface area contributed by atoms with Crippen molar-refractivity contribution in [2.45, 2.75) is 104 Å². The van der Waals surface area contributed by atoms with Gasteiger partial charge in [-0.05, 0) is 23.0 Å². The molecule has 27 heavy (non-hydrogen) atoms. The van der Waals surface area contributed by atoms with E-state index in [0.29, 0.717) is 0 Å². The van der Waals surface area contributed by atoms with Gasteiger partial charge in [-0.3, -0.25) is 0 Å². The molecule has 0 aromatic heterocycles. The van der Waals surface area contributed by atoms with E-state index in [1.165, 1.54) is 82.6 Å². The summed E-state index contributed by atoms with van der Waals surface area (Å²) in [6.07, 6.45) is 18.4. The molecule has 2 heteroatoms. The van der Waals surface area contributed by atoms with Crippen LogP contribution in [0.5, 0.6) is 0 Å². The molecule has 156 valence electrons. The van der Waals surface area contributed by atoms with Gasteiger partial charge < -0.3 is 5.73 Å². The minimum absolute atomic E-state index is 0. The van der Waals surface area contributed by atoms with Crippen molar-refractivity contribution in [3.05, 3.63) is 42.0 Å². The van der Waals surface area contributed by atoms with Crippen LogP contribution < -0.4 is 5.73 Å². The van der Waals surface area contributed by atoms with Crippen molar-refractivity contribution in [3.8, 4) is 0 Å². The van der Waals surface area contributed by atoms with Gasteiger partial charge in [0.1, 0.15) is 0 Å². The molecule has 1 rings (SSSR count). The minimum atomic E-state index is 0. The average molecular weight is 394 g/mol. The normalized spacial score (nSPS) is 12.4. The van der Waals surface area contributed by atoms with Gasteiger partial charge in [0.2, 0.25) is 0 Å². The highest BCUT2D eigenvalue weighted by Crippen LogP contribution is 2.36. The van der Waals surface area contributed by atoms with E-state index >= 15 is 0 Å². The fourth-order valence-electron chi connectivity index (χ4n) is 3.69. The fourth-order valence-corrected chi connectivity index (χ4v) is 3.69. The second-order valence-electron chi connectivity index (χ2n) is 8.62. The summed E-state index contributed by atoms with van der Waals surface area (Å²) in [7, 11) is 0. The van der Waals surface area contributed by atoms with Gasteiger partial charge in [0.25, 0.3) is 0 Å². The lowest BCUT2D eigenvalue weighted by atomic mass is 9.77. The van der Waals surface area contributed by atoms with E-state index < -0.39 is 0 Å². The largest absolute Gasteiger partial charge is 0.324 e. The first-order chi connectivity index (χ1) is 12.5. The molecule has 0 saturated heterocycles. The molecule has 0 bridgehead atoms. The lowest BCUT2D eigenvalue weighted by Crippen LogP contribution is -2.29. The predicted octanol–water partition coefficient (Wildman–Crippen LogP) is 8.48. The van der Waals surface area contributed by atoms with Gasteiger partial charge in [0.15, 0.2) is 0 Å². The van der Waals surface area contributed by atoms with Crippen molar-refractivity contribution in [1.29, 1.82) is 0 Å². The van der Waals surface area contributed by atoms with Gasteiger partial charge in [0, 0.05) is 6.04 Å². The average Bonchev–Trinajstić information content (AvgIpc) is 2.65. The molecule has 0 aliphatic heterocycles. The van der Waals surface area contributed by atoms with E-state index in [0.717, 1.165) is 5.56 Å². The summed E-state index contributed by atoms with van der Waals surface area (Å²) in [5, 5.41) is 0. The minimum Gasteiger partial charge on any atom is -0.324 e. The lowest BCUT2D eigenvalue weighted by Gasteiger charge is -2.32. The maximum atomic E-state index is 6.57. The maximum Gasteiger partial charge on any atom is 0.0346 e. The molecule has 0 radical (unpaired) electrons. The first-order valence-corrected chi connectivity index (χ1v) is 11.0. The molecule has 0 aliphatic carbocycles. The van der Waals surface area contributed by atoms with Gasteiger partial charge in [-0.2, -0.15) is 0 Å². The first kappa shape index (κ1) is 26.2. The Morgan fingerprint density at radius 3 is 1.74 bits per heavy atom. The number of benzene rings is 1. The van der Waals surface area contributed by atoms with E-state index in [-0.39, 0.29) is 23.9 Å². The SMILES string of the molecule is C=Cc1ccc(C(N)C(C)(C)CCCCCCCCCCCCC)cc1.Cl. The number of hydrogen-bond acceptors (Lipinski definition) is 1. The first-order valence-electron chi connectivity index (χ1n) is 11.0. The van der Waals surface area contributed by atoms with Crippen LogP contribution >= 0.6 is 12.4 Å². The number of halogens is 1. The van der Waals surface area contributed by atoms with Crippen LogP contribution in [0.1, 0.15) is 115 Å². The monoisotopic (exact) mass is 393 g/mol. The highest BCUT2D eigenvalue weighted by Gasteiger charge is 2.27. The summed E-state index contributed by atoms with van der Waals surface area (Å²) in [4.78, 5) is 0. The Hall–Kier alpha value is -0.790. The highest BCUT2D eigenvalue weighted by molar-refractivity contribution is 5.85. The van der Waals surface area contributed by atoms with Gasteiger partial charge in [-0.1, -0.05) is 128 Å². The van der Waals surface area contributed by atoms with E-state index in [4.69, 9.17) is 5.73 Å². The summed E-state index contributed by atoms with van der Waals surface area (Å²) < 4.78 is 0. The molecule has 0 heterocycles. The summed E-state index contributed by atoms with van der Waals surface area (Å²) in [6.45, 7) is 10.7. The van der Waals surface area contributed by atoms with Crippen molar-refractivity contribution in [2.24, 2.45) is 11.1 Å². The van der Waals surface area contributed by atoms with E-state index in [2.05, 4.69) is 51.6 Å². The van der Waals surface area contributed by atoms with Crippen molar-refractivity contribution in [2.75, 3.05) is 0 Å². The number of unbranched alkanes of at least 4 members (excludes halogenated alkanes) is 10. The van der Waals surface area contributed by atoms with Gasteiger partial charge >= 0.3 is 0 Å². The molecule has 0 amide bonds. The van der Waals surface area contributed by atoms with Gasteiger partial charge in [-0.25, -0.2) is 0 Å². The molecule has 1 unspecified atom stereocenters. The Morgan fingerprint density at radius 1 is 0.852 bits per heavy atom. The van der Waals surface area contributed by atoms with E-state index in [1.54, 1.807) is 0 Å². The molecular formula is C25H44ClN. The summed E-state index contributed by atoms with van der Waals surface area (Å²) in [6, 6.07) is 8.64. The zero-order valence-corrected chi connectivity index (χ0v) is 19.0. The summed E-state index contributed by atoms with van der Waals surface area (Å²) >= 11 is 0. The Balaban J connectivity index is 0.00000676. The van der Waals surface area contributed by atoms with Crippen LogP contribution in [0.25, 0.3) is 6.08 Å². The van der Waals surface area contributed by atoms with Crippen molar-refractivity contribution in [1.82, 2.24) is 0 Å². The van der Waals surface area contributed by atoms with Crippen molar-refractivity contribution in [3.63, 3.8) is 0 Å². The van der Waals surface area contributed by atoms with Crippen molar-refractivity contribution >= 4 is 18.5 Å². The zero-order chi connectivity index (χ0) is 19.3. The van der Waals surface area contributed by atoms with Crippen LogP contribution in [0.15, 0.2) is 30.8 Å². The molecule has 0 spiro atoms. The Morgan fingerprint density at radius 2 is 1.30 bits per heavy atom. The number of nitrogens with two attached hydrogens (primary N) is 1.